The largest absolute Gasteiger partial charge is 0.422 e. The maximum Gasteiger partial charge on any atom is 0.422 e. The van der Waals surface area contributed by atoms with E-state index in [-0.39, 0.29) is 11.7 Å². The summed E-state index contributed by atoms with van der Waals surface area (Å²) in [6, 6.07) is 6.01. The Morgan fingerprint density at radius 1 is 1.30 bits per heavy atom. The monoisotopic (exact) mass is 331 g/mol. The van der Waals surface area contributed by atoms with E-state index < -0.39 is 6.09 Å². The number of cyclic esters (lactones) is 1. The number of rotatable bonds is 6. The molecule has 0 spiro atoms. The number of fused-ring (bicyclic) bond motifs is 1. The van der Waals surface area contributed by atoms with Crippen molar-refractivity contribution in [3.05, 3.63) is 42.4 Å². The number of nitrogens with zero attached hydrogens (tertiary/aromatic N) is 3. The second kappa shape index (κ2) is 6.87. The van der Waals surface area contributed by atoms with Gasteiger partial charge in [-0.2, -0.15) is 0 Å². The van der Waals surface area contributed by atoms with Crippen molar-refractivity contribution in [3.63, 3.8) is 0 Å². The van der Waals surface area contributed by atoms with Crippen molar-refractivity contribution < 1.29 is 14.3 Å². The van der Waals surface area contributed by atoms with Crippen molar-refractivity contribution in [1.82, 2.24) is 14.3 Å². The van der Waals surface area contributed by atoms with E-state index in [1.165, 1.54) is 6.08 Å². The molecule has 6 nitrogen and oxygen atoms in total. The van der Waals surface area contributed by atoms with Crippen LogP contribution in [0.25, 0.3) is 5.65 Å². The highest BCUT2D eigenvalue weighted by Gasteiger charge is 2.35. The molecule has 2 aromatic heterocycles. The Morgan fingerprint density at radius 2 is 2.17 bits per heavy atom. The third-order valence-corrected chi connectivity index (χ3v) is 4.67. The highest BCUT2D eigenvalue weighted by atomic mass is 32.2. The molecule has 3 heterocycles. The highest BCUT2D eigenvalue weighted by Crippen LogP contribution is 2.21. The van der Waals surface area contributed by atoms with Gasteiger partial charge >= 0.3 is 6.09 Å². The van der Waals surface area contributed by atoms with Gasteiger partial charge in [0.1, 0.15) is 5.65 Å². The molecule has 7 heteroatoms. The van der Waals surface area contributed by atoms with Crippen LogP contribution in [0.1, 0.15) is 19.8 Å². The zero-order valence-corrected chi connectivity index (χ0v) is 13.6. The summed E-state index contributed by atoms with van der Waals surface area (Å²) in [5.41, 5.74) is 0.930. The van der Waals surface area contributed by atoms with Crippen LogP contribution < -0.4 is 0 Å². The summed E-state index contributed by atoms with van der Waals surface area (Å²) in [7, 11) is 0. The minimum absolute atomic E-state index is 0.121. The Bertz CT molecular complexity index is 769. The number of unbranched alkanes of at least 4 members (excludes halogenated alkanes) is 1. The fraction of sp³-hybridized carbons (Fsp3) is 0.312. The molecule has 0 bridgehead atoms. The molecule has 23 heavy (non-hydrogen) atoms. The number of amides is 2. The van der Waals surface area contributed by atoms with Crippen LogP contribution in [-0.2, 0) is 9.53 Å². The minimum Gasteiger partial charge on any atom is -0.404 e. The summed E-state index contributed by atoms with van der Waals surface area (Å²) in [6.45, 7) is 2.07. The summed E-state index contributed by atoms with van der Waals surface area (Å²) >= 11 is 1.74. The van der Waals surface area contributed by atoms with E-state index >= 15 is 0 Å². The average molecular weight is 331 g/mol. The van der Waals surface area contributed by atoms with Gasteiger partial charge in [0.2, 0.25) is 0 Å². The molecule has 1 fully saturated rings. The molecule has 0 unspecified atom stereocenters. The molecule has 0 aliphatic carbocycles. The maximum atomic E-state index is 11.8. The Balaban J connectivity index is 1.47. The Labute approximate surface area is 138 Å². The number of ether oxygens (including phenoxy) is 1. The molecule has 1 saturated heterocycles. The van der Waals surface area contributed by atoms with E-state index in [2.05, 4.69) is 11.1 Å². The number of allylic oxidation sites excluding steroid dienone is 1. The highest BCUT2D eigenvalue weighted by molar-refractivity contribution is 7.99. The van der Waals surface area contributed by atoms with Crippen LogP contribution >= 0.6 is 11.8 Å². The molecule has 0 aromatic carbocycles. The van der Waals surface area contributed by atoms with Crippen LogP contribution in [-0.4, -0.2) is 38.6 Å². The van der Waals surface area contributed by atoms with Crippen LogP contribution in [0, 0.1) is 0 Å². The van der Waals surface area contributed by atoms with Gasteiger partial charge in [-0.25, -0.2) is 14.7 Å². The molecular formula is C16H17N3O3S. The number of thioether (sulfide) groups is 1. The lowest BCUT2D eigenvalue weighted by Gasteiger charge is -2.10. The lowest BCUT2D eigenvalue weighted by Crippen LogP contribution is -2.29. The number of carbonyl (C=O) groups is 2. The molecule has 2 amide bonds. The number of hydrogen-bond donors (Lipinski definition) is 0. The van der Waals surface area contributed by atoms with E-state index in [9.17, 15) is 9.59 Å². The first-order chi connectivity index (χ1) is 11.2. The number of carbonyl (C=O) groups excluding carboxylic acids is 2. The molecular weight excluding hydrogens is 314 g/mol. The summed E-state index contributed by atoms with van der Waals surface area (Å²) in [6.07, 6.45) is 6.32. The van der Waals surface area contributed by atoms with E-state index in [0.717, 1.165) is 34.2 Å². The Hall–Kier alpha value is -2.28. The van der Waals surface area contributed by atoms with Gasteiger partial charge in [0.25, 0.3) is 5.91 Å². The molecule has 120 valence electrons. The third-order valence-electron chi connectivity index (χ3n) is 3.55. The number of imide groups is 1. The minimum atomic E-state index is -0.570. The first-order valence-corrected chi connectivity index (χ1v) is 8.44. The maximum absolute atomic E-state index is 11.8. The topological polar surface area (TPSA) is 63.9 Å². The summed E-state index contributed by atoms with van der Waals surface area (Å²) < 4.78 is 6.93. The number of aromatic nitrogens is 2. The van der Waals surface area contributed by atoms with Crippen molar-refractivity contribution in [1.29, 1.82) is 0 Å². The Morgan fingerprint density at radius 3 is 2.96 bits per heavy atom. The predicted molar refractivity (Wildman–Crippen MR) is 87.1 cm³/mol. The zero-order valence-electron chi connectivity index (χ0n) is 12.8. The molecule has 0 saturated carbocycles. The number of pyridine rings is 1. The zero-order chi connectivity index (χ0) is 16.2. The molecule has 1 aliphatic heterocycles. The van der Waals surface area contributed by atoms with Gasteiger partial charge in [-0.05, 0) is 43.7 Å². The number of imidazole rings is 1. The third kappa shape index (κ3) is 3.24. The second-order valence-electron chi connectivity index (χ2n) is 5.05. The van der Waals surface area contributed by atoms with Gasteiger partial charge in [-0.15, -0.1) is 11.8 Å². The van der Waals surface area contributed by atoms with Crippen LogP contribution in [0.4, 0.5) is 4.79 Å². The normalized spacial score (nSPS) is 16.6. The van der Waals surface area contributed by atoms with Crippen LogP contribution in [0.5, 0.6) is 0 Å². The van der Waals surface area contributed by atoms with Crippen molar-refractivity contribution in [3.8, 4) is 0 Å². The smallest absolute Gasteiger partial charge is 0.404 e. The van der Waals surface area contributed by atoms with Gasteiger partial charge in [0.05, 0.1) is 5.03 Å². The molecule has 2 aromatic rings. The molecule has 1 aliphatic rings. The fourth-order valence-corrected chi connectivity index (χ4v) is 3.40. The standard InChI is InChI=1S/C16H17N3O3S/c1-2-12-15(20)19(16(21)22-12)9-3-4-11-23-14-7-5-6-13-17-8-10-18(13)14/h2,5-8,10H,3-4,9,11H2,1H3/b12-2-. The van der Waals surface area contributed by atoms with E-state index in [1.54, 1.807) is 24.9 Å². The molecule has 0 N–H and O–H groups in total. The lowest BCUT2D eigenvalue weighted by atomic mass is 10.3. The van der Waals surface area contributed by atoms with E-state index in [4.69, 9.17) is 4.74 Å². The van der Waals surface area contributed by atoms with Crippen molar-refractivity contribution in [2.45, 2.75) is 24.8 Å². The van der Waals surface area contributed by atoms with Gasteiger partial charge in [-0.3, -0.25) is 9.20 Å². The average Bonchev–Trinajstić information content (AvgIpc) is 3.13. The van der Waals surface area contributed by atoms with Crippen molar-refractivity contribution >= 4 is 29.4 Å². The molecule has 0 radical (unpaired) electrons. The van der Waals surface area contributed by atoms with Crippen LogP contribution in [0.2, 0.25) is 0 Å². The van der Waals surface area contributed by atoms with E-state index in [1.807, 2.05) is 22.7 Å². The van der Waals surface area contributed by atoms with Gasteiger partial charge in [0, 0.05) is 18.9 Å². The predicted octanol–water partition coefficient (Wildman–Crippen LogP) is 3.09. The lowest BCUT2D eigenvalue weighted by molar-refractivity contribution is -0.123. The summed E-state index contributed by atoms with van der Waals surface area (Å²) in [5, 5.41) is 1.13. The van der Waals surface area contributed by atoms with Crippen LogP contribution in [0.3, 0.4) is 0 Å². The second-order valence-corrected chi connectivity index (χ2v) is 6.17. The van der Waals surface area contributed by atoms with Crippen molar-refractivity contribution in [2.24, 2.45) is 0 Å². The van der Waals surface area contributed by atoms with Gasteiger partial charge in [0.15, 0.2) is 5.76 Å². The molecule has 0 atom stereocenters. The summed E-state index contributed by atoms with van der Waals surface area (Å²) in [4.78, 5) is 28.8. The first-order valence-electron chi connectivity index (χ1n) is 7.45. The van der Waals surface area contributed by atoms with Crippen molar-refractivity contribution in [2.75, 3.05) is 12.3 Å². The fourth-order valence-electron chi connectivity index (χ4n) is 2.37. The van der Waals surface area contributed by atoms with E-state index in [0.29, 0.717) is 6.54 Å². The quantitative estimate of drug-likeness (QED) is 0.462. The van der Waals surface area contributed by atoms with Gasteiger partial charge in [-0.1, -0.05) is 6.07 Å². The first kappa shape index (κ1) is 15.6. The SMILES string of the molecule is C/C=C1\OC(=O)N(CCCCSc2cccc3nccn23)C1=O. The Kier molecular flexibility index (Phi) is 4.66. The number of hydrogen-bond acceptors (Lipinski definition) is 5. The molecule has 3 rings (SSSR count). The van der Waals surface area contributed by atoms with Gasteiger partial charge < -0.3 is 4.74 Å². The summed E-state index contributed by atoms with van der Waals surface area (Å²) in [5.74, 6) is 0.690. The van der Waals surface area contributed by atoms with Crippen LogP contribution in [0.15, 0.2) is 47.5 Å².